The zero-order valence-electron chi connectivity index (χ0n) is 15.3. The lowest BCUT2D eigenvalue weighted by atomic mass is 9.88. The molecule has 0 saturated carbocycles. The summed E-state index contributed by atoms with van der Waals surface area (Å²) >= 11 is 1.42. The molecule has 10 nitrogen and oxygen atoms in total. The summed E-state index contributed by atoms with van der Waals surface area (Å²) in [5.74, 6) is 0. The van der Waals surface area contributed by atoms with Crippen molar-refractivity contribution < 1.29 is 22.7 Å². The Morgan fingerprint density at radius 3 is 2.72 bits per heavy atom. The smallest absolute Gasteiger partial charge is 0.407 e. The van der Waals surface area contributed by atoms with E-state index in [0.717, 1.165) is 6.42 Å². The highest BCUT2D eigenvalue weighted by molar-refractivity contribution is 7.89. The van der Waals surface area contributed by atoms with Gasteiger partial charge in [-0.1, -0.05) is 0 Å². The molecule has 2 N–H and O–H groups in total. The van der Waals surface area contributed by atoms with Gasteiger partial charge in [-0.25, -0.2) is 22.9 Å². The second kappa shape index (κ2) is 6.40. The molecule has 5 heterocycles. The predicted octanol–water partition coefficient (Wildman–Crippen LogP) is 1.80. The molecule has 1 amide bonds. The van der Waals surface area contributed by atoms with Gasteiger partial charge >= 0.3 is 6.09 Å². The number of carboxylic acid groups (broad SMARTS) is 1. The van der Waals surface area contributed by atoms with Crippen molar-refractivity contribution >= 4 is 44.6 Å². The van der Waals surface area contributed by atoms with Crippen molar-refractivity contribution in [1.82, 2.24) is 19.6 Å². The van der Waals surface area contributed by atoms with E-state index < -0.39 is 16.1 Å². The van der Waals surface area contributed by atoms with Crippen molar-refractivity contribution in [2.24, 2.45) is 0 Å². The molecule has 2 bridgehead atoms. The number of thiazole rings is 1. The minimum absolute atomic E-state index is 0.0274. The van der Waals surface area contributed by atoms with Gasteiger partial charge < -0.3 is 14.4 Å². The van der Waals surface area contributed by atoms with Crippen LogP contribution in [0.25, 0.3) is 21.7 Å². The Morgan fingerprint density at radius 2 is 2.10 bits per heavy atom. The molecular weight excluding hydrogens is 418 g/mol. The Kier molecular flexibility index (Phi) is 4.05. The number of sulfonamides is 1. The fourth-order valence-electron chi connectivity index (χ4n) is 4.04. The Hall–Kier alpha value is -2.70. The first-order chi connectivity index (χ1) is 13.9. The number of benzene rings is 1. The molecule has 3 aliphatic heterocycles. The van der Waals surface area contributed by atoms with Crippen LogP contribution in [-0.2, 0) is 10.0 Å². The van der Waals surface area contributed by atoms with Gasteiger partial charge in [0.2, 0.25) is 10.0 Å². The Morgan fingerprint density at radius 1 is 1.34 bits per heavy atom. The summed E-state index contributed by atoms with van der Waals surface area (Å²) < 4.78 is 33.3. The fourth-order valence-corrected chi connectivity index (χ4v) is 5.56. The van der Waals surface area contributed by atoms with E-state index in [1.807, 2.05) is 10.3 Å². The van der Waals surface area contributed by atoms with Crippen LogP contribution < -0.4 is 9.62 Å². The second-order valence-electron chi connectivity index (χ2n) is 6.97. The van der Waals surface area contributed by atoms with Gasteiger partial charge in [-0.3, -0.25) is 4.90 Å². The Bertz CT molecular complexity index is 1190. The van der Waals surface area contributed by atoms with Gasteiger partial charge in [0.1, 0.15) is 15.4 Å². The maximum Gasteiger partial charge on any atom is 0.407 e. The van der Waals surface area contributed by atoms with E-state index >= 15 is 0 Å². The van der Waals surface area contributed by atoms with Gasteiger partial charge in [-0.2, -0.15) is 4.98 Å². The molecule has 0 radical (unpaired) electrons. The van der Waals surface area contributed by atoms with Crippen molar-refractivity contribution in [3.8, 4) is 10.6 Å². The van der Waals surface area contributed by atoms with E-state index in [1.165, 1.54) is 29.4 Å². The number of hydrogen-bond donors (Lipinski definition) is 2. The molecule has 3 aromatic rings. The number of carbonyl (C=O) groups is 1. The summed E-state index contributed by atoms with van der Waals surface area (Å²) in [5, 5.41) is 11.8. The number of piperidine rings is 1. The van der Waals surface area contributed by atoms with E-state index in [1.54, 1.807) is 12.3 Å². The Labute approximate surface area is 169 Å². The number of anilines is 1. The van der Waals surface area contributed by atoms with E-state index in [-0.39, 0.29) is 28.5 Å². The zero-order valence-corrected chi connectivity index (χ0v) is 16.9. The highest BCUT2D eigenvalue weighted by atomic mass is 32.2. The molecule has 6 rings (SSSR count). The molecular formula is C17H17N5O5S2. The fraction of sp³-hybridized carbons (Fsp3) is 0.353. The Balaban J connectivity index is 1.61. The third-order valence-electron chi connectivity index (χ3n) is 5.40. The van der Waals surface area contributed by atoms with Crippen LogP contribution >= 0.6 is 11.3 Å². The van der Waals surface area contributed by atoms with Crippen LogP contribution in [0.1, 0.15) is 6.42 Å². The average molecular weight is 435 g/mol. The number of hydrogen-bond acceptors (Lipinski definition) is 8. The summed E-state index contributed by atoms with van der Waals surface area (Å²) in [5.41, 5.74) is 1.25. The average Bonchev–Trinajstić information content (AvgIpc) is 3.36. The molecule has 2 atom stereocenters. The van der Waals surface area contributed by atoms with Gasteiger partial charge in [0.05, 0.1) is 17.6 Å². The lowest BCUT2D eigenvalue weighted by Crippen LogP contribution is -2.70. The lowest BCUT2D eigenvalue weighted by molar-refractivity contribution is 0.0101. The lowest BCUT2D eigenvalue weighted by Gasteiger charge is -2.54. The van der Waals surface area contributed by atoms with Crippen LogP contribution in [0.5, 0.6) is 0 Å². The van der Waals surface area contributed by atoms with Gasteiger partial charge in [0, 0.05) is 24.7 Å². The number of rotatable bonds is 4. The van der Waals surface area contributed by atoms with Crippen molar-refractivity contribution in [1.29, 1.82) is 0 Å². The summed E-state index contributed by atoms with van der Waals surface area (Å²) in [7, 11) is -2.40. The first-order valence-corrected chi connectivity index (χ1v) is 11.3. The standard InChI is InChI=1S/C17H17N5O5S2/c1-18-29(25,26)12-3-2-11(15-19-4-5-28-15)14-13(12)20-16(27-14)21-7-9-6-10(8-21)22(9)17(23)24/h2-5,9-10,18H,6-8H2,1H3,(H,23,24). The third kappa shape index (κ3) is 2.78. The van der Waals surface area contributed by atoms with Crippen molar-refractivity contribution in [3.05, 3.63) is 23.7 Å². The predicted molar refractivity (Wildman–Crippen MR) is 106 cm³/mol. The molecule has 0 spiro atoms. The molecule has 2 unspecified atom stereocenters. The first kappa shape index (κ1) is 18.3. The minimum atomic E-state index is -3.74. The number of amides is 1. The molecule has 3 fully saturated rings. The molecule has 152 valence electrons. The number of aromatic nitrogens is 2. The number of nitrogens with one attached hydrogen (secondary N) is 1. The molecule has 3 saturated heterocycles. The number of piperazine rings is 1. The van der Waals surface area contributed by atoms with E-state index in [2.05, 4.69) is 14.7 Å². The first-order valence-electron chi connectivity index (χ1n) is 8.92. The molecule has 12 heteroatoms. The van der Waals surface area contributed by atoms with E-state index in [9.17, 15) is 18.3 Å². The summed E-state index contributed by atoms with van der Waals surface area (Å²) in [6.45, 7) is 0.909. The molecule has 0 aliphatic carbocycles. The van der Waals surface area contributed by atoms with Crippen LogP contribution in [0, 0.1) is 0 Å². The van der Waals surface area contributed by atoms with Crippen molar-refractivity contribution in [2.75, 3.05) is 25.0 Å². The number of nitrogens with zero attached hydrogens (tertiary/aromatic N) is 4. The van der Waals surface area contributed by atoms with Gasteiger partial charge in [0.15, 0.2) is 5.58 Å². The van der Waals surface area contributed by atoms with Crippen LogP contribution in [0.15, 0.2) is 33.0 Å². The second-order valence-corrected chi connectivity index (χ2v) is 9.72. The zero-order chi connectivity index (χ0) is 20.3. The van der Waals surface area contributed by atoms with E-state index in [0.29, 0.717) is 29.2 Å². The van der Waals surface area contributed by atoms with Crippen LogP contribution in [-0.4, -0.2) is 66.7 Å². The summed E-state index contributed by atoms with van der Waals surface area (Å²) in [6.07, 6.45) is 1.56. The monoisotopic (exact) mass is 435 g/mol. The largest absolute Gasteiger partial charge is 0.465 e. The molecule has 1 aromatic carbocycles. The maximum atomic E-state index is 12.5. The van der Waals surface area contributed by atoms with Crippen LogP contribution in [0.3, 0.4) is 0 Å². The highest BCUT2D eigenvalue weighted by Crippen LogP contribution is 2.39. The van der Waals surface area contributed by atoms with E-state index in [4.69, 9.17) is 4.42 Å². The summed E-state index contributed by atoms with van der Waals surface area (Å²) in [6, 6.07) is 3.23. The quantitative estimate of drug-likeness (QED) is 0.635. The normalized spacial score (nSPS) is 21.4. The van der Waals surface area contributed by atoms with Gasteiger partial charge in [0.25, 0.3) is 6.01 Å². The van der Waals surface area contributed by atoms with Crippen molar-refractivity contribution in [3.63, 3.8) is 0 Å². The van der Waals surface area contributed by atoms with Crippen LogP contribution in [0.2, 0.25) is 0 Å². The minimum Gasteiger partial charge on any atom is -0.465 e. The molecule has 2 aromatic heterocycles. The van der Waals surface area contributed by atoms with Crippen molar-refractivity contribution in [2.45, 2.75) is 23.4 Å². The highest BCUT2D eigenvalue weighted by Gasteiger charge is 2.48. The molecule has 3 aliphatic rings. The third-order valence-corrected chi connectivity index (χ3v) is 7.65. The topological polar surface area (TPSA) is 129 Å². The van der Waals surface area contributed by atoms with Gasteiger partial charge in [-0.05, 0) is 25.6 Å². The van der Waals surface area contributed by atoms with Gasteiger partial charge in [-0.15, -0.1) is 11.3 Å². The summed E-state index contributed by atoms with van der Waals surface area (Å²) in [4.78, 5) is 23.5. The van der Waals surface area contributed by atoms with Crippen LogP contribution in [0.4, 0.5) is 10.8 Å². The SMILES string of the molecule is CNS(=O)(=O)c1ccc(-c2nccs2)c2oc(N3CC4CC(C3)N4C(=O)O)nc12. The number of fused-ring (bicyclic) bond motifs is 3. The maximum absolute atomic E-state index is 12.5. The molecule has 29 heavy (non-hydrogen) atoms. The number of oxazole rings is 1.